The van der Waals surface area contributed by atoms with Gasteiger partial charge in [0, 0.05) is 11.9 Å². The van der Waals surface area contributed by atoms with E-state index in [2.05, 4.69) is 42.3 Å². The van der Waals surface area contributed by atoms with E-state index in [1.165, 1.54) is 11.1 Å². The molecule has 3 N–H and O–H groups in total. The maximum atomic E-state index is 5.77. The summed E-state index contributed by atoms with van der Waals surface area (Å²) in [7, 11) is 0. The second kappa shape index (κ2) is 4.23. The van der Waals surface area contributed by atoms with E-state index in [0.717, 1.165) is 11.4 Å². The van der Waals surface area contributed by atoms with E-state index in [1.54, 1.807) is 6.20 Å². The number of nitrogen functional groups attached to an aromatic ring is 1. The largest absolute Gasteiger partial charge is 0.382 e. The number of benzene rings is 1. The normalized spacial score (nSPS) is 10.1. The van der Waals surface area contributed by atoms with Crippen LogP contribution in [0.3, 0.4) is 0 Å². The molecule has 0 aliphatic heterocycles. The summed E-state index contributed by atoms with van der Waals surface area (Å²) in [6, 6.07) is 10.1. The van der Waals surface area contributed by atoms with Crippen LogP contribution in [0.1, 0.15) is 11.1 Å². The van der Waals surface area contributed by atoms with Crippen LogP contribution in [0.25, 0.3) is 0 Å². The van der Waals surface area contributed by atoms with Crippen LogP contribution in [0.4, 0.5) is 17.2 Å². The number of aryl methyl sites for hydroxylation is 2. The summed E-state index contributed by atoms with van der Waals surface area (Å²) >= 11 is 0. The molecule has 82 valence electrons. The maximum absolute atomic E-state index is 5.77. The third kappa shape index (κ3) is 2.31. The first-order chi connectivity index (χ1) is 7.65. The molecule has 1 aromatic heterocycles. The smallest absolute Gasteiger partial charge is 0.147 e. The van der Waals surface area contributed by atoms with E-state index in [-0.39, 0.29) is 0 Å². The molecule has 0 aliphatic rings. The molecule has 0 amide bonds. The van der Waals surface area contributed by atoms with Gasteiger partial charge in [0.2, 0.25) is 0 Å². The highest BCUT2D eigenvalue weighted by Gasteiger charge is 2.00. The van der Waals surface area contributed by atoms with Crippen molar-refractivity contribution >= 4 is 17.2 Å². The Morgan fingerprint density at radius 1 is 1.12 bits per heavy atom. The number of nitrogens with zero attached hydrogens (tertiary/aromatic N) is 1. The van der Waals surface area contributed by atoms with Crippen molar-refractivity contribution in [2.24, 2.45) is 0 Å². The minimum absolute atomic E-state index is 0.515. The van der Waals surface area contributed by atoms with Crippen LogP contribution < -0.4 is 11.1 Å². The van der Waals surface area contributed by atoms with Gasteiger partial charge in [0.15, 0.2) is 0 Å². The van der Waals surface area contributed by atoms with Gasteiger partial charge < -0.3 is 11.1 Å². The number of hydrogen-bond donors (Lipinski definition) is 2. The lowest BCUT2D eigenvalue weighted by atomic mass is 10.1. The maximum Gasteiger partial charge on any atom is 0.147 e. The van der Waals surface area contributed by atoms with E-state index in [1.807, 2.05) is 12.1 Å². The predicted molar refractivity (Wildman–Crippen MR) is 67.8 cm³/mol. The van der Waals surface area contributed by atoms with Gasteiger partial charge in [0.05, 0.1) is 5.69 Å². The lowest BCUT2D eigenvalue weighted by Gasteiger charge is -2.09. The van der Waals surface area contributed by atoms with Gasteiger partial charge in [-0.3, -0.25) is 0 Å². The number of nitrogens with one attached hydrogen (secondary N) is 1. The minimum Gasteiger partial charge on any atom is -0.382 e. The zero-order valence-electron chi connectivity index (χ0n) is 9.49. The van der Waals surface area contributed by atoms with Crippen LogP contribution in [-0.4, -0.2) is 4.98 Å². The highest BCUT2D eigenvalue weighted by molar-refractivity contribution is 5.69. The van der Waals surface area contributed by atoms with Crippen LogP contribution in [0.15, 0.2) is 36.5 Å². The topological polar surface area (TPSA) is 50.9 Å². The van der Waals surface area contributed by atoms with Crippen molar-refractivity contribution in [3.05, 3.63) is 47.7 Å². The van der Waals surface area contributed by atoms with Crippen molar-refractivity contribution in [1.82, 2.24) is 4.98 Å². The molecule has 0 saturated carbocycles. The molecule has 3 heteroatoms. The SMILES string of the molecule is Cc1cc(C)cc(Nc2cccnc2N)c1. The Hall–Kier alpha value is -2.03. The van der Waals surface area contributed by atoms with Gasteiger partial charge in [0.25, 0.3) is 0 Å². The van der Waals surface area contributed by atoms with E-state index in [4.69, 9.17) is 5.73 Å². The van der Waals surface area contributed by atoms with Gasteiger partial charge in [-0.2, -0.15) is 0 Å². The van der Waals surface area contributed by atoms with Crippen molar-refractivity contribution in [1.29, 1.82) is 0 Å². The monoisotopic (exact) mass is 213 g/mol. The van der Waals surface area contributed by atoms with Crippen molar-refractivity contribution in [2.75, 3.05) is 11.1 Å². The lowest BCUT2D eigenvalue weighted by Crippen LogP contribution is -1.98. The Morgan fingerprint density at radius 3 is 2.44 bits per heavy atom. The molecule has 0 bridgehead atoms. The van der Waals surface area contributed by atoms with Gasteiger partial charge in [0.1, 0.15) is 5.82 Å². The molecule has 3 nitrogen and oxygen atoms in total. The molecule has 0 spiro atoms. The summed E-state index contributed by atoms with van der Waals surface area (Å²) in [6.07, 6.45) is 1.68. The first-order valence-electron chi connectivity index (χ1n) is 5.21. The molecule has 0 fully saturated rings. The fourth-order valence-electron chi connectivity index (χ4n) is 1.73. The summed E-state index contributed by atoms with van der Waals surface area (Å²) in [6.45, 7) is 4.15. The van der Waals surface area contributed by atoms with Gasteiger partial charge in [-0.15, -0.1) is 0 Å². The molecule has 1 heterocycles. The quantitative estimate of drug-likeness (QED) is 0.806. The molecule has 0 unspecified atom stereocenters. The number of anilines is 3. The summed E-state index contributed by atoms with van der Waals surface area (Å²) in [5.41, 5.74) is 10.1. The average Bonchev–Trinajstić information content (AvgIpc) is 2.20. The molecular weight excluding hydrogens is 198 g/mol. The van der Waals surface area contributed by atoms with Gasteiger partial charge in [-0.05, 0) is 49.2 Å². The van der Waals surface area contributed by atoms with E-state index in [9.17, 15) is 0 Å². The molecule has 0 saturated heterocycles. The number of hydrogen-bond acceptors (Lipinski definition) is 3. The minimum atomic E-state index is 0.515. The van der Waals surface area contributed by atoms with Crippen molar-refractivity contribution in [2.45, 2.75) is 13.8 Å². The molecular formula is C13H15N3. The Kier molecular flexibility index (Phi) is 2.77. The van der Waals surface area contributed by atoms with Crippen molar-refractivity contribution in [3.63, 3.8) is 0 Å². The van der Waals surface area contributed by atoms with E-state index in [0.29, 0.717) is 5.82 Å². The van der Waals surface area contributed by atoms with Crippen LogP contribution >= 0.6 is 0 Å². The molecule has 2 rings (SSSR count). The number of aromatic nitrogens is 1. The van der Waals surface area contributed by atoms with E-state index < -0.39 is 0 Å². The summed E-state index contributed by atoms with van der Waals surface area (Å²) in [5, 5.41) is 3.27. The summed E-state index contributed by atoms with van der Waals surface area (Å²) in [5.74, 6) is 0.515. The van der Waals surface area contributed by atoms with Crippen molar-refractivity contribution < 1.29 is 0 Å². The fourth-order valence-corrected chi connectivity index (χ4v) is 1.73. The highest BCUT2D eigenvalue weighted by Crippen LogP contribution is 2.22. The summed E-state index contributed by atoms with van der Waals surface area (Å²) < 4.78 is 0. The Balaban J connectivity index is 2.30. The molecule has 16 heavy (non-hydrogen) atoms. The van der Waals surface area contributed by atoms with Crippen LogP contribution in [0.5, 0.6) is 0 Å². The standard InChI is InChI=1S/C13H15N3/c1-9-6-10(2)8-11(7-9)16-12-4-3-5-15-13(12)14/h3-8,16H,1-2H3,(H2,14,15). The summed E-state index contributed by atoms with van der Waals surface area (Å²) in [4.78, 5) is 4.04. The second-order valence-corrected chi connectivity index (χ2v) is 3.94. The van der Waals surface area contributed by atoms with Crippen LogP contribution in [0.2, 0.25) is 0 Å². The van der Waals surface area contributed by atoms with Crippen LogP contribution in [0, 0.1) is 13.8 Å². The average molecular weight is 213 g/mol. The first kappa shape index (κ1) is 10.5. The van der Waals surface area contributed by atoms with Gasteiger partial charge in [-0.25, -0.2) is 4.98 Å². The van der Waals surface area contributed by atoms with E-state index >= 15 is 0 Å². The molecule has 2 aromatic rings. The first-order valence-corrected chi connectivity index (χ1v) is 5.21. The highest BCUT2D eigenvalue weighted by atomic mass is 15.0. The Labute approximate surface area is 95.3 Å². The third-order valence-corrected chi connectivity index (χ3v) is 2.34. The fraction of sp³-hybridized carbons (Fsp3) is 0.154. The molecule has 0 aliphatic carbocycles. The zero-order chi connectivity index (χ0) is 11.5. The second-order valence-electron chi connectivity index (χ2n) is 3.94. The van der Waals surface area contributed by atoms with Crippen LogP contribution in [-0.2, 0) is 0 Å². The zero-order valence-corrected chi connectivity index (χ0v) is 9.49. The third-order valence-electron chi connectivity index (χ3n) is 2.34. The molecule has 0 radical (unpaired) electrons. The van der Waals surface area contributed by atoms with Gasteiger partial charge in [-0.1, -0.05) is 6.07 Å². The number of nitrogens with two attached hydrogens (primary N) is 1. The molecule has 1 aromatic carbocycles. The van der Waals surface area contributed by atoms with Crippen molar-refractivity contribution in [3.8, 4) is 0 Å². The lowest BCUT2D eigenvalue weighted by molar-refractivity contribution is 1.32. The predicted octanol–water partition coefficient (Wildman–Crippen LogP) is 3.02. The number of rotatable bonds is 2. The Morgan fingerprint density at radius 2 is 1.81 bits per heavy atom. The molecule has 0 atom stereocenters. The number of pyridine rings is 1. The Bertz CT molecular complexity index is 486. The van der Waals surface area contributed by atoms with Gasteiger partial charge >= 0.3 is 0 Å².